The van der Waals surface area contributed by atoms with Crippen molar-refractivity contribution in [3.05, 3.63) is 0 Å². The highest BCUT2D eigenvalue weighted by atomic mass is 32.2. The molecule has 0 fully saturated rings. The molecule has 1 atom stereocenters. The molecule has 104 valence electrons. The minimum absolute atomic E-state index is 0.00968. The molecular formula is C7H15F3N2O3S2. The van der Waals surface area contributed by atoms with Gasteiger partial charge in [-0.25, -0.2) is 22.1 Å². The number of sulfonamides is 1. The van der Waals surface area contributed by atoms with E-state index in [0.717, 1.165) is 0 Å². The van der Waals surface area contributed by atoms with E-state index in [0.29, 0.717) is 0 Å². The van der Waals surface area contributed by atoms with Gasteiger partial charge in [0.2, 0.25) is 0 Å². The zero-order valence-electron chi connectivity index (χ0n) is 9.59. The van der Waals surface area contributed by atoms with Crippen LogP contribution in [0.15, 0.2) is 0 Å². The molecule has 0 aliphatic heterocycles. The van der Waals surface area contributed by atoms with E-state index in [1.165, 1.54) is 11.8 Å². The first-order chi connectivity index (χ1) is 7.44. The Bertz CT molecular complexity index is 378. The van der Waals surface area contributed by atoms with Crippen molar-refractivity contribution in [1.29, 1.82) is 0 Å². The lowest BCUT2D eigenvalue weighted by Gasteiger charge is -2.23. The van der Waals surface area contributed by atoms with Crippen molar-refractivity contribution in [1.82, 2.24) is 9.44 Å². The van der Waals surface area contributed by atoms with Crippen molar-refractivity contribution in [2.45, 2.75) is 30.5 Å². The first-order valence-corrected chi connectivity index (χ1v) is 7.22. The minimum atomic E-state index is -5.32. The molecule has 0 saturated heterocycles. The minimum Gasteiger partial charge on any atom is -0.242 e. The standard InChI is InChI=1S/C7H15F3N2O3S2/c1-6(2,16(13)11-3)4-5-12-17(14,15)7(8,9)10/h11-12H,4-5H2,1-3H3. The fourth-order valence-corrected chi connectivity index (χ4v) is 2.31. The van der Waals surface area contributed by atoms with Gasteiger partial charge < -0.3 is 0 Å². The molecule has 0 rings (SSSR count). The van der Waals surface area contributed by atoms with Crippen LogP contribution in [0, 0.1) is 0 Å². The summed E-state index contributed by atoms with van der Waals surface area (Å²) < 4.78 is 71.6. The molecule has 0 heterocycles. The molecule has 0 aliphatic rings. The zero-order chi connectivity index (χ0) is 13.9. The molecule has 0 spiro atoms. The number of hydrogen-bond acceptors (Lipinski definition) is 3. The normalized spacial score (nSPS) is 15.9. The molecule has 0 saturated carbocycles. The number of nitrogens with one attached hydrogen (secondary N) is 2. The van der Waals surface area contributed by atoms with E-state index in [4.69, 9.17) is 0 Å². The summed E-state index contributed by atoms with van der Waals surface area (Å²) in [6, 6.07) is 0. The monoisotopic (exact) mass is 296 g/mol. The largest absolute Gasteiger partial charge is 0.511 e. The van der Waals surface area contributed by atoms with Crippen molar-refractivity contribution in [2.24, 2.45) is 0 Å². The van der Waals surface area contributed by atoms with E-state index in [1.54, 1.807) is 13.8 Å². The van der Waals surface area contributed by atoms with Gasteiger partial charge in [-0.1, -0.05) is 0 Å². The molecule has 2 N–H and O–H groups in total. The summed E-state index contributed by atoms with van der Waals surface area (Å²) in [7, 11) is -5.33. The molecule has 0 aliphatic carbocycles. The van der Waals surface area contributed by atoms with Crippen molar-refractivity contribution >= 4 is 21.0 Å². The van der Waals surface area contributed by atoms with Crippen LogP contribution >= 0.6 is 0 Å². The van der Waals surface area contributed by atoms with E-state index in [2.05, 4.69) is 4.72 Å². The molecule has 10 heteroatoms. The van der Waals surface area contributed by atoms with E-state index in [-0.39, 0.29) is 6.42 Å². The Labute approximate surface area is 101 Å². The average Bonchev–Trinajstić information content (AvgIpc) is 2.13. The lowest BCUT2D eigenvalue weighted by atomic mass is 10.1. The molecule has 0 amide bonds. The maximum absolute atomic E-state index is 12.0. The van der Waals surface area contributed by atoms with Gasteiger partial charge in [-0.2, -0.15) is 13.2 Å². The number of rotatable bonds is 6. The molecule has 0 bridgehead atoms. The zero-order valence-corrected chi connectivity index (χ0v) is 11.2. The van der Waals surface area contributed by atoms with Crippen LogP contribution in [0.25, 0.3) is 0 Å². The molecule has 0 aromatic heterocycles. The number of halogens is 3. The van der Waals surface area contributed by atoms with Crippen molar-refractivity contribution in [3.8, 4) is 0 Å². The highest BCUT2D eigenvalue weighted by Crippen LogP contribution is 2.22. The lowest BCUT2D eigenvalue weighted by Crippen LogP contribution is -2.41. The van der Waals surface area contributed by atoms with Gasteiger partial charge in [-0.05, 0) is 27.3 Å². The van der Waals surface area contributed by atoms with Crippen LogP contribution < -0.4 is 9.44 Å². The fourth-order valence-electron chi connectivity index (χ4n) is 0.937. The number of hydrogen-bond donors (Lipinski definition) is 2. The van der Waals surface area contributed by atoms with Crippen LogP contribution in [-0.4, -0.2) is 36.5 Å². The van der Waals surface area contributed by atoms with Crippen LogP contribution in [0.2, 0.25) is 0 Å². The summed E-state index contributed by atoms with van der Waals surface area (Å²) in [5.41, 5.74) is -5.32. The summed E-state index contributed by atoms with van der Waals surface area (Å²) >= 11 is 0. The molecule has 0 radical (unpaired) electrons. The second-order valence-corrected chi connectivity index (χ2v) is 7.64. The van der Waals surface area contributed by atoms with E-state index < -0.39 is 37.8 Å². The van der Waals surface area contributed by atoms with Gasteiger partial charge in [0.15, 0.2) is 0 Å². The van der Waals surface area contributed by atoms with Gasteiger partial charge in [-0.15, -0.1) is 0 Å². The van der Waals surface area contributed by atoms with Gasteiger partial charge in [-0.3, -0.25) is 0 Å². The number of alkyl halides is 3. The second kappa shape index (κ2) is 5.63. The quantitative estimate of drug-likeness (QED) is 0.748. The lowest BCUT2D eigenvalue weighted by molar-refractivity contribution is -0.0447. The Kier molecular flexibility index (Phi) is 5.57. The third-order valence-corrected chi connectivity index (χ3v) is 4.78. The van der Waals surface area contributed by atoms with Crippen molar-refractivity contribution in [2.75, 3.05) is 13.6 Å². The highest BCUT2D eigenvalue weighted by Gasteiger charge is 2.45. The predicted octanol–water partition coefficient (Wildman–Crippen LogP) is 0.477. The van der Waals surface area contributed by atoms with Gasteiger partial charge in [0.05, 0.1) is 15.7 Å². The van der Waals surface area contributed by atoms with Gasteiger partial charge in [0.1, 0.15) is 0 Å². The van der Waals surface area contributed by atoms with E-state index in [1.807, 2.05) is 0 Å². The molecule has 1 unspecified atom stereocenters. The fraction of sp³-hybridized carbons (Fsp3) is 1.00. The van der Waals surface area contributed by atoms with Crippen LogP contribution in [-0.2, 0) is 21.0 Å². The first kappa shape index (κ1) is 16.8. The summed E-state index contributed by atoms with van der Waals surface area (Å²) in [4.78, 5) is 0. The smallest absolute Gasteiger partial charge is 0.242 e. The topological polar surface area (TPSA) is 75.3 Å². The van der Waals surface area contributed by atoms with Crippen molar-refractivity contribution in [3.63, 3.8) is 0 Å². The maximum atomic E-state index is 12.0. The van der Waals surface area contributed by atoms with E-state index >= 15 is 0 Å². The molecule has 5 nitrogen and oxygen atoms in total. The molecule has 17 heavy (non-hydrogen) atoms. The third-order valence-electron chi connectivity index (χ3n) is 2.01. The summed E-state index contributed by atoms with van der Waals surface area (Å²) in [6.07, 6.45) is 0.00968. The SMILES string of the molecule is CNS(=O)C(C)(C)CCNS(=O)(=O)C(F)(F)F. The van der Waals surface area contributed by atoms with Crippen LogP contribution in [0.1, 0.15) is 20.3 Å². The second-order valence-electron chi connectivity index (χ2n) is 3.83. The molecule has 0 aromatic rings. The average molecular weight is 296 g/mol. The third kappa shape index (κ3) is 4.90. The maximum Gasteiger partial charge on any atom is 0.511 e. The van der Waals surface area contributed by atoms with Crippen LogP contribution in [0.3, 0.4) is 0 Å². The summed E-state index contributed by atoms with van der Waals surface area (Å²) in [6.45, 7) is 2.69. The molecule has 0 aromatic carbocycles. The van der Waals surface area contributed by atoms with Crippen LogP contribution in [0.4, 0.5) is 13.2 Å². The first-order valence-electron chi connectivity index (χ1n) is 4.59. The van der Waals surface area contributed by atoms with E-state index in [9.17, 15) is 25.8 Å². The summed E-state index contributed by atoms with van der Waals surface area (Å²) in [5, 5.41) is 0. The van der Waals surface area contributed by atoms with Gasteiger partial charge in [0.25, 0.3) is 0 Å². The highest BCUT2D eigenvalue weighted by molar-refractivity contribution is 7.90. The predicted molar refractivity (Wildman–Crippen MR) is 58.9 cm³/mol. The van der Waals surface area contributed by atoms with Crippen molar-refractivity contribution < 1.29 is 25.8 Å². The Morgan fingerprint density at radius 3 is 2.06 bits per heavy atom. The molecular weight excluding hydrogens is 281 g/mol. The Morgan fingerprint density at radius 2 is 1.71 bits per heavy atom. The Balaban J connectivity index is 4.41. The summed E-state index contributed by atoms with van der Waals surface area (Å²) in [5.74, 6) is 0. The van der Waals surface area contributed by atoms with Gasteiger partial charge >= 0.3 is 15.5 Å². The Hall–Kier alpha value is -0.190. The van der Waals surface area contributed by atoms with Gasteiger partial charge in [0, 0.05) is 6.54 Å². The van der Waals surface area contributed by atoms with Crippen LogP contribution in [0.5, 0.6) is 0 Å². The Morgan fingerprint density at radius 1 is 1.24 bits per heavy atom.